The molecule has 0 saturated heterocycles. The zero-order chi connectivity index (χ0) is 13.1. The van der Waals surface area contributed by atoms with E-state index in [1.807, 2.05) is 6.92 Å². The molecule has 0 bridgehead atoms. The van der Waals surface area contributed by atoms with E-state index in [0.717, 1.165) is 18.7 Å². The molecule has 0 fully saturated rings. The second kappa shape index (κ2) is 5.12. The zero-order valence-corrected chi connectivity index (χ0v) is 10.9. The van der Waals surface area contributed by atoms with E-state index in [2.05, 4.69) is 22.1 Å². The van der Waals surface area contributed by atoms with Crippen molar-refractivity contribution < 1.29 is 4.79 Å². The summed E-state index contributed by atoms with van der Waals surface area (Å²) in [7, 11) is 1.77. The SMILES string of the molecule is CCCn1ncnc1CC(=O)c1cc(C)nn1C. The number of aromatic nitrogens is 5. The molecule has 2 aromatic heterocycles. The first kappa shape index (κ1) is 12.5. The Labute approximate surface area is 106 Å². The number of nitrogens with zero attached hydrogens (tertiary/aromatic N) is 5. The van der Waals surface area contributed by atoms with Crippen LogP contribution in [0.5, 0.6) is 0 Å². The number of aryl methyl sites for hydroxylation is 3. The van der Waals surface area contributed by atoms with Crippen molar-refractivity contribution in [2.45, 2.75) is 33.2 Å². The zero-order valence-electron chi connectivity index (χ0n) is 10.9. The Kier molecular flexibility index (Phi) is 3.55. The van der Waals surface area contributed by atoms with Gasteiger partial charge in [-0.3, -0.25) is 9.48 Å². The molecule has 0 atom stereocenters. The maximum Gasteiger partial charge on any atom is 0.188 e. The van der Waals surface area contributed by atoms with E-state index in [9.17, 15) is 4.79 Å². The summed E-state index contributed by atoms with van der Waals surface area (Å²) in [6.07, 6.45) is 2.72. The molecule has 0 unspecified atom stereocenters. The van der Waals surface area contributed by atoms with Gasteiger partial charge in [0, 0.05) is 13.6 Å². The van der Waals surface area contributed by atoms with Crippen LogP contribution in [0.3, 0.4) is 0 Å². The van der Waals surface area contributed by atoms with Crippen molar-refractivity contribution in [2.24, 2.45) is 7.05 Å². The lowest BCUT2D eigenvalue weighted by Crippen LogP contribution is -2.14. The standard InChI is InChI=1S/C12H17N5O/c1-4-5-17-12(13-8-14-17)7-11(18)10-6-9(2)15-16(10)3/h6,8H,4-5,7H2,1-3H3. The van der Waals surface area contributed by atoms with Crippen molar-refractivity contribution in [2.75, 3.05) is 0 Å². The fourth-order valence-corrected chi connectivity index (χ4v) is 1.93. The lowest BCUT2D eigenvalue weighted by molar-refractivity contribution is 0.0980. The summed E-state index contributed by atoms with van der Waals surface area (Å²) in [6, 6.07) is 1.79. The van der Waals surface area contributed by atoms with Crippen LogP contribution in [0.1, 0.15) is 35.4 Å². The molecule has 2 aromatic rings. The molecular formula is C12H17N5O. The topological polar surface area (TPSA) is 65.6 Å². The Hall–Kier alpha value is -1.98. The van der Waals surface area contributed by atoms with E-state index in [4.69, 9.17) is 0 Å². The molecule has 0 aliphatic heterocycles. The molecule has 6 heteroatoms. The molecule has 2 heterocycles. The number of carbonyl (C=O) groups is 1. The van der Waals surface area contributed by atoms with Gasteiger partial charge in [0.1, 0.15) is 17.8 Å². The Morgan fingerprint density at radius 1 is 1.44 bits per heavy atom. The predicted octanol–water partition coefficient (Wildman–Crippen LogP) is 1.16. The van der Waals surface area contributed by atoms with E-state index in [-0.39, 0.29) is 12.2 Å². The van der Waals surface area contributed by atoms with Crippen molar-refractivity contribution in [3.8, 4) is 0 Å². The minimum Gasteiger partial charge on any atom is -0.292 e. The van der Waals surface area contributed by atoms with Crippen LogP contribution in [0, 0.1) is 6.92 Å². The summed E-state index contributed by atoms with van der Waals surface area (Å²) in [5, 5.41) is 8.28. The van der Waals surface area contributed by atoms with Crippen molar-refractivity contribution in [3.05, 3.63) is 29.6 Å². The third kappa shape index (κ3) is 2.47. The molecule has 0 radical (unpaired) electrons. The Bertz CT molecular complexity index is 555. The van der Waals surface area contributed by atoms with E-state index in [1.54, 1.807) is 22.5 Å². The van der Waals surface area contributed by atoms with E-state index >= 15 is 0 Å². The molecule has 0 aromatic carbocycles. The Morgan fingerprint density at radius 3 is 2.83 bits per heavy atom. The fourth-order valence-electron chi connectivity index (χ4n) is 1.93. The van der Waals surface area contributed by atoms with Crippen molar-refractivity contribution in [1.82, 2.24) is 24.5 Å². The summed E-state index contributed by atoms with van der Waals surface area (Å²) < 4.78 is 3.39. The predicted molar refractivity (Wildman–Crippen MR) is 66.3 cm³/mol. The van der Waals surface area contributed by atoms with Gasteiger partial charge in [0.15, 0.2) is 5.78 Å². The van der Waals surface area contributed by atoms with Crippen LogP contribution in [0.15, 0.2) is 12.4 Å². The lowest BCUT2D eigenvalue weighted by Gasteiger charge is -2.04. The quantitative estimate of drug-likeness (QED) is 0.743. The molecule has 0 aliphatic rings. The highest BCUT2D eigenvalue weighted by Gasteiger charge is 2.15. The van der Waals surface area contributed by atoms with E-state index in [0.29, 0.717) is 11.5 Å². The number of hydrogen-bond acceptors (Lipinski definition) is 4. The third-order valence-corrected chi connectivity index (χ3v) is 2.74. The van der Waals surface area contributed by atoms with Crippen LogP contribution < -0.4 is 0 Å². The molecule has 18 heavy (non-hydrogen) atoms. The molecule has 96 valence electrons. The van der Waals surface area contributed by atoms with Crippen LogP contribution in [-0.2, 0) is 20.0 Å². The molecule has 2 rings (SSSR count). The van der Waals surface area contributed by atoms with Gasteiger partial charge in [0.05, 0.1) is 12.1 Å². The van der Waals surface area contributed by atoms with Gasteiger partial charge >= 0.3 is 0 Å². The van der Waals surface area contributed by atoms with Gasteiger partial charge in [-0.25, -0.2) is 9.67 Å². The molecule has 0 spiro atoms. The first-order valence-electron chi connectivity index (χ1n) is 6.02. The summed E-state index contributed by atoms with van der Waals surface area (Å²) >= 11 is 0. The van der Waals surface area contributed by atoms with Gasteiger partial charge in [-0.1, -0.05) is 6.92 Å². The largest absolute Gasteiger partial charge is 0.292 e. The van der Waals surface area contributed by atoms with Crippen molar-refractivity contribution in [1.29, 1.82) is 0 Å². The molecule has 0 saturated carbocycles. The average molecular weight is 247 g/mol. The highest BCUT2D eigenvalue weighted by atomic mass is 16.1. The molecular weight excluding hydrogens is 230 g/mol. The van der Waals surface area contributed by atoms with E-state index in [1.165, 1.54) is 6.33 Å². The second-order valence-corrected chi connectivity index (χ2v) is 4.29. The minimum absolute atomic E-state index is 0.0171. The van der Waals surface area contributed by atoms with Crippen LogP contribution in [0.4, 0.5) is 0 Å². The molecule has 0 amide bonds. The summed E-state index contributed by atoms with van der Waals surface area (Å²) in [6.45, 7) is 4.72. The van der Waals surface area contributed by atoms with E-state index < -0.39 is 0 Å². The van der Waals surface area contributed by atoms with Crippen molar-refractivity contribution in [3.63, 3.8) is 0 Å². The Balaban J connectivity index is 2.16. The van der Waals surface area contributed by atoms with Gasteiger partial charge in [-0.15, -0.1) is 0 Å². The highest BCUT2D eigenvalue weighted by Crippen LogP contribution is 2.07. The Morgan fingerprint density at radius 2 is 2.22 bits per heavy atom. The summed E-state index contributed by atoms with van der Waals surface area (Å²) in [5.74, 6) is 0.726. The van der Waals surface area contributed by atoms with Gasteiger partial charge in [-0.2, -0.15) is 10.2 Å². The van der Waals surface area contributed by atoms with Crippen molar-refractivity contribution >= 4 is 5.78 Å². The van der Waals surface area contributed by atoms with Crippen LogP contribution in [0.2, 0.25) is 0 Å². The van der Waals surface area contributed by atoms with Gasteiger partial charge in [0.2, 0.25) is 0 Å². The summed E-state index contributed by atoms with van der Waals surface area (Å²) in [4.78, 5) is 16.3. The smallest absolute Gasteiger partial charge is 0.188 e. The number of Topliss-reactive ketones (excluding diaryl/α,β-unsaturated/α-hetero) is 1. The lowest BCUT2D eigenvalue weighted by atomic mass is 10.2. The van der Waals surface area contributed by atoms with Gasteiger partial charge in [0.25, 0.3) is 0 Å². The number of rotatable bonds is 5. The molecule has 6 nitrogen and oxygen atoms in total. The maximum atomic E-state index is 12.2. The second-order valence-electron chi connectivity index (χ2n) is 4.29. The first-order chi connectivity index (χ1) is 8.61. The molecule has 0 N–H and O–H groups in total. The van der Waals surface area contributed by atoms with Gasteiger partial charge in [-0.05, 0) is 19.4 Å². The number of ketones is 1. The van der Waals surface area contributed by atoms with Gasteiger partial charge < -0.3 is 0 Å². The normalized spacial score (nSPS) is 10.8. The number of hydrogen-bond donors (Lipinski definition) is 0. The van der Waals surface area contributed by atoms with Crippen LogP contribution in [0.25, 0.3) is 0 Å². The monoisotopic (exact) mass is 247 g/mol. The first-order valence-corrected chi connectivity index (χ1v) is 6.02. The molecule has 0 aliphatic carbocycles. The van der Waals surface area contributed by atoms with Crippen LogP contribution in [-0.4, -0.2) is 30.3 Å². The highest BCUT2D eigenvalue weighted by molar-refractivity contribution is 5.95. The fraction of sp³-hybridized carbons (Fsp3) is 0.500. The average Bonchev–Trinajstić information content (AvgIpc) is 2.87. The number of carbonyl (C=O) groups excluding carboxylic acids is 1. The summed E-state index contributed by atoms with van der Waals surface area (Å²) in [5.41, 5.74) is 1.45. The minimum atomic E-state index is 0.0171. The third-order valence-electron chi connectivity index (χ3n) is 2.74. The van der Waals surface area contributed by atoms with Crippen LogP contribution >= 0.6 is 0 Å². The maximum absolute atomic E-state index is 12.2.